The second-order valence-electron chi connectivity index (χ2n) is 4.00. The van der Waals surface area contributed by atoms with Crippen LogP contribution in [0.2, 0.25) is 10.2 Å². The monoisotopic (exact) mass is 387 g/mol. The minimum Gasteiger partial charge on any atom is -0.366 e. The summed E-state index contributed by atoms with van der Waals surface area (Å²) in [6.07, 6.45) is 1.48. The Morgan fingerprint density at radius 2 is 1.90 bits per heavy atom. The maximum atomic E-state index is 12.1. The number of benzene rings is 1. The fourth-order valence-electron chi connectivity index (χ4n) is 1.57. The lowest BCUT2D eigenvalue weighted by Gasteiger charge is -2.08. The van der Waals surface area contributed by atoms with Crippen LogP contribution in [0, 0.1) is 0 Å². The lowest BCUT2D eigenvalue weighted by atomic mass is 10.2. The van der Waals surface area contributed by atoms with E-state index in [0.29, 0.717) is 10.2 Å². The second-order valence-corrected chi connectivity index (χ2v) is 5.69. The number of carbonyl (C=O) groups is 2. The van der Waals surface area contributed by atoms with Gasteiger partial charge in [0, 0.05) is 16.4 Å². The van der Waals surface area contributed by atoms with Gasteiger partial charge in [-0.15, -0.1) is 0 Å². The fraction of sp³-hybridized carbons (Fsp3) is 0. The number of hydrogen-bond acceptors (Lipinski definition) is 3. The van der Waals surface area contributed by atoms with Gasteiger partial charge in [-0.3, -0.25) is 9.59 Å². The van der Waals surface area contributed by atoms with Crippen LogP contribution in [0.5, 0.6) is 0 Å². The van der Waals surface area contributed by atoms with E-state index in [4.69, 9.17) is 28.9 Å². The number of aromatic nitrogens is 1. The maximum absolute atomic E-state index is 12.1. The highest BCUT2D eigenvalue weighted by Gasteiger charge is 2.14. The van der Waals surface area contributed by atoms with Crippen molar-refractivity contribution in [3.63, 3.8) is 0 Å². The summed E-state index contributed by atoms with van der Waals surface area (Å²) in [6, 6.07) is 5.95. The molecule has 0 spiro atoms. The van der Waals surface area contributed by atoms with E-state index in [1.807, 2.05) is 0 Å². The highest BCUT2D eigenvalue weighted by atomic mass is 79.9. The lowest BCUT2D eigenvalue weighted by Crippen LogP contribution is -2.15. The number of nitrogens with two attached hydrogens (primary N) is 1. The molecule has 0 aliphatic rings. The minimum atomic E-state index is -0.682. The molecule has 5 nitrogen and oxygen atoms in total. The van der Waals surface area contributed by atoms with Gasteiger partial charge in [-0.05, 0) is 40.2 Å². The molecule has 0 aliphatic carbocycles. The van der Waals surface area contributed by atoms with Crippen molar-refractivity contribution < 1.29 is 9.59 Å². The van der Waals surface area contributed by atoms with Gasteiger partial charge in [0.1, 0.15) is 5.15 Å². The second kappa shape index (κ2) is 6.43. The molecule has 2 aromatic rings. The maximum Gasteiger partial charge on any atom is 0.258 e. The Morgan fingerprint density at radius 3 is 2.57 bits per heavy atom. The summed E-state index contributed by atoms with van der Waals surface area (Å²) in [5, 5.41) is 2.88. The molecule has 0 atom stereocenters. The van der Waals surface area contributed by atoms with Gasteiger partial charge in [0.15, 0.2) is 0 Å². The van der Waals surface area contributed by atoms with Crippen LogP contribution >= 0.6 is 39.1 Å². The molecule has 8 heteroatoms. The zero-order valence-electron chi connectivity index (χ0n) is 10.4. The number of halogens is 3. The van der Waals surface area contributed by atoms with Gasteiger partial charge < -0.3 is 11.1 Å². The standard InChI is InChI=1S/C13H8BrCl2N3O2/c14-6-3-9(11(16)18-5-6)13(21)19-7-1-2-10(15)8(4-7)12(17)20/h1-5H,(H2,17,20)(H,19,21). The molecule has 0 unspecified atom stereocenters. The van der Waals surface area contributed by atoms with Crippen molar-refractivity contribution in [3.8, 4) is 0 Å². The van der Waals surface area contributed by atoms with E-state index in [0.717, 1.165) is 0 Å². The molecule has 1 aromatic heterocycles. The number of amides is 2. The molecule has 2 amide bonds. The van der Waals surface area contributed by atoms with Crippen LogP contribution in [-0.4, -0.2) is 16.8 Å². The number of anilines is 1. The van der Waals surface area contributed by atoms with Crippen LogP contribution in [0.1, 0.15) is 20.7 Å². The predicted octanol–water partition coefficient (Wildman–Crippen LogP) is 3.50. The van der Waals surface area contributed by atoms with Crippen LogP contribution < -0.4 is 11.1 Å². The van der Waals surface area contributed by atoms with Crippen molar-refractivity contribution in [2.75, 3.05) is 5.32 Å². The fourth-order valence-corrected chi connectivity index (χ4v) is 2.30. The molecule has 0 saturated carbocycles. The Bertz CT molecular complexity index is 737. The summed E-state index contributed by atoms with van der Waals surface area (Å²) in [4.78, 5) is 27.2. The number of rotatable bonds is 3. The van der Waals surface area contributed by atoms with Gasteiger partial charge in [-0.1, -0.05) is 23.2 Å². The van der Waals surface area contributed by atoms with Crippen molar-refractivity contribution in [2.45, 2.75) is 0 Å². The Balaban J connectivity index is 2.29. The summed E-state index contributed by atoms with van der Waals surface area (Å²) in [5.41, 5.74) is 5.88. The zero-order valence-corrected chi connectivity index (χ0v) is 13.5. The third-order valence-electron chi connectivity index (χ3n) is 2.54. The topological polar surface area (TPSA) is 85.1 Å². The van der Waals surface area contributed by atoms with Crippen LogP contribution in [0.15, 0.2) is 34.9 Å². The third-order valence-corrected chi connectivity index (χ3v) is 3.60. The van der Waals surface area contributed by atoms with E-state index in [1.165, 1.54) is 24.4 Å². The molecule has 0 aliphatic heterocycles. The number of hydrogen-bond donors (Lipinski definition) is 2. The van der Waals surface area contributed by atoms with Crippen LogP contribution in [-0.2, 0) is 0 Å². The molecule has 0 bridgehead atoms. The van der Waals surface area contributed by atoms with Crippen molar-refractivity contribution >= 4 is 56.6 Å². The van der Waals surface area contributed by atoms with Gasteiger partial charge in [-0.25, -0.2) is 4.98 Å². The Labute approximate surface area is 138 Å². The molecule has 108 valence electrons. The first-order valence-electron chi connectivity index (χ1n) is 5.60. The zero-order chi connectivity index (χ0) is 15.6. The highest BCUT2D eigenvalue weighted by molar-refractivity contribution is 9.10. The molecular formula is C13H8BrCl2N3O2. The third kappa shape index (κ3) is 3.72. The largest absolute Gasteiger partial charge is 0.366 e. The molecule has 21 heavy (non-hydrogen) atoms. The van der Waals surface area contributed by atoms with E-state index in [-0.39, 0.29) is 21.3 Å². The summed E-state index contributed by atoms with van der Waals surface area (Å²) >= 11 is 14.9. The van der Waals surface area contributed by atoms with Crippen molar-refractivity contribution in [1.82, 2.24) is 4.98 Å². The summed E-state index contributed by atoms with van der Waals surface area (Å²) in [6.45, 7) is 0. The van der Waals surface area contributed by atoms with E-state index in [9.17, 15) is 9.59 Å². The van der Waals surface area contributed by atoms with Gasteiger partial charge in [0.05, 0.1) is 16.1 Å². The van der Waals surface area contributed by atoms with E-state index in [2.05, 4.69) is 26.2 Å². The van der Waals surface area contributed by atoms with E-state index >= 15 is 0 Å². The number of primary amides is 1. The summed E-state index contributed by atoms with van der Waals surface area (Å²) < 4.78 is 0.617. The molecule has 1 heterocycles. The number of nitrogens with one attached hydrogen (secondary N) is 1. The molecule has 0 saturated heterocycles. The molecule has 3 N–H and O–H groups in total. The SMILES string of the molecule is NC(=O)c1cc(NC(=O)c2cc(Br)cnc2Cl)ccc1Cl. The van der Waals surface area contributed by atoms with Crippen molar-refractivity contribution in [2.24, 2.45) is 5.73 Å². The first kappa shape index (κ1) is 15.8. The molecule has 2 rings (SSSR count). The van der Waals surface area contributed by atoms with Crippen LogP contribution in [0.3, 0.4) is 0 Å². The molecule has 0 fully saturated rings. The lowest BCUT2D eigenvalue weighted by molar-refractivity contribution is 0.0996. The van der Waals surface area contributed by atoms with Crippen molar-refractivity contribution in [1.29, 1.82) is 0 Å². The molecule has 0 radical (unpaired) electrons. The Morgan fingerprint density at radius 1 is 1.19 bits per heavy atom. The van der Waals surface area contributed by atoms with E-state index in [1.54, 1.807) is 6.07 Å². The normalized spacial score (nSPS) is 10.2. The number of nitrogens with zero attached hydrogens (tertiary/aromatic N) is 1. The predicted molar refractivity (Wildman–Crippen MR) is 84.9 cm³/mol. The first-order valence-corrected chi connectivity index (χ1v) is 7.15. The Kier molecular flexibility index (Phi) is 4.82. The number of carbonyl (C=O) groups excluding carboxylic acids is 2. The van der Waals surface area contributed by atoms with Gasteiger partial charge in [-0.2, -0.15) is 0 Å². The number of pyridine rings is 1. The quantitative estimate of drug-likeness (QED) is 0.789. The average molecular weight is 389 g/mol. The van der Waals surface area contributed by atoms with Gasteiger partial charge in [0.2, 0.25) is 5.91 Å². The summed E-state index contributed by atoms with van der Waals surface area (Å²) in [5.74, 6) is -1.15. The van der Waals surface area contributed by atoms with Gasteiger partial charge in [0.25, 0.3) is 5.91 Å². The van der Waals surface area contributed by atoms with Crippen LogP contribution in [0.25, 0.3) is 0 Å². The average Bonchev–Trinajstić information content (AvgIpc) is 2.43. The minimum absolute atomic E-state index is 0.0692. The van der Waals surface area contributed by atoms with E-state index < -0.39 is 11.8 Å². The van der Waals surface area contributed by atoms with Crippen molar-refractivity contribution in [3.05, 3.63) is 56.2 Å². The highest BCUT2D eigenvalue weighted by Crippen LogP contribution is 2.22. The molecular weight excluding hydrogens is 381 g/mol. The summed E-state index contributed by atoms with van der Waals surface area (Å²) in [7, 11) is 0. The van der Waals surface area contributed by atoms with Crippen LogP contribution in [0.4, 0.5) is 5.69 Å². The first-order chi connectivity index (χ1) is 9.88. The molecule has 1 aromatic carbocycles. The Hall–Kier alpha value is -1.63. The smallest absolute Gasteiger partial charge is 0.258 e. The van der Waals surface area contributed by atoms with Gasteiger partial charge >= 0.3 is 0 Å².